The number of alkyl halides is 2. The van der Waals surface area contributed by atoms with Crippen molar-refractivity contribution >= 4 is 11.0 Å². The molecule has 1 aliphatic rings. The number of aromatic nitrogens is 6. The smallest absolute Gasteiger partial charge is 0.249 e. The Kier molecular flexibility index (Phi) is 3.71. The summed E-state index contributed by atoms with van der Waals surface area (Å²) in [6, 6.07) is 10.1. The van der Waals surface area contributed by atoms with Gasteiger partial charge in [-0.15, -0.1) is 0 Å². The monoisotopic (exact) mass is 384 g/mol. The Morgan fingerprint density at radius 1 is 1.14 bits per heavy atom. The van der Waals surface area contributed by atoms with E-state index in [0.29, 0.717) is 33.9 Å². The van der Waals surface area contributed by atoms with Gasteiger partial charge in [-0.05, 0) is 18.2 Å². The second kappa shape index (κ2) is 6.15. The lowest BCUT2D eigenvalue weighted by molar-refractivity contribution is -0.0884. The van der Waals surface area contributed by atoms with Gasteiger partial charge in [-0.1, -0.05) is 18.2 Å². The number of rotatable bonds is 4. The molecule has 0 bridgehead atoms. The van der Waals surface area contributed by atoms with Crippen LogP contribution in [-0.2, 0) is 6.54 Å². The van der Waals surface area contributed by atoms with E-state index in [1.807, 2.05) is 6.07 Å². The highest BCUT2D eigenvalue weighted by atomic mass is 19.3. The average Bonchev–Trinajstić information content (AvgIpc) is 3.27. The van der Waals surface area contributed by atoms with E-state index in [1.54, 1.807) is 35.1 Å². The van der Waals surface area contributed by atoms with Crippen LogP contribution < -0.4 is 0 Å². The molecule has 3 aromatic heterocycles. The van der Waals surface area contributed by atoms with Crippen molar-refractivity contribution in [1.29, 1.82) is 0 Å². The molecule has 1 aromatic carbocycles. The molecule has 4 aromatic rings. The molecule has 5 rings (SSSR count). The summed E-state index contributed by atoms with van der Waals surface area (Å²) in [5.74, 6) is -2.54. The fourth-order valence-corrected chi connectivity index (χ4v) is 3.49. The van der Waals surface area contributed by atoms with Crippen LogP contribution in [0.4, 0.5) is 13.2 Å². The first kappa shape index (κ1) is 16.9. The van der Waals surface area contributed by atoms with Crippen molar-refractivity contribution in [3.8, 4) is 11.5 Å². The molecule has 0 spiro atoms. The molecule has 9 heteroatoms. The first-order chi connectivity index (χ1) is 13.5. The Morgan fingerprint density at radius 2 is 1.96 bits per heavy atom. The van der Waals surface area contributed by atoms with E-state index in [4.69, 9.17) is 0 Å². The predicted octanol–water partition coefficient (Wildman–Crippen LogP) is 3.92. The van der Waals surface area contributed by atoms with Crippen molar-refractivity contribution in [2.45, 2.75) is 31.2 Å². The van der Waals surface area contributed by atoms with E-state index in [-0.39, 0.29) is 31.1 Å². The lowest BCUT2D eigenvalue weighted by atomic mass is 9.81. The molecule has 0 unspecified atom stereocenters. The molecule has 0 saturated heterocycles. The van der Waals surface area contributed by atoms with Gasteiger partial charge in [0.2, 0.25) is 11.7 Å². The highest BCUT2D eigenvalue weighted by molar-refractivity contribution is 5.89. The summed E-state index contributed by atoms with van der Waals surface area (Å²) in [6.07, 6.45) is 1.17. The van der Waals surface area contributed by atoms with Crippen LogP contribution in [0.25, 0.3) is 22.6 Å². The summed E-state index contributed by atoms with van der Waals surface area (Å²) in [7, 11) is 0. The maximum Gasteiger partial charge on any atom is 0.249 e. The fourth-order valence-electron chi connectivity index (χ4n) is 3.49. The number of hydrogen-bond acceptors (Lipinski definition) is 4. The Hall–Kier alpha value is -3.23. The van der Waals surface area contributed by atoms with E-state index >= 15 is 0 Å². The molecule has 0 atom stereocenters. The molecule has 0 radical (unpaired) electrons. The van der Waals surface area contributed by atoms with Gasteiger partial charge < -0.3 is 0 Å². The summed E-state index contributed by atoms with van der Waals surface area (Å²) in [5, 5.41) is 12.2. The third-order valence-electron chi connectivity index (χ3n) is 4.98. The Labute approximate surface area is 157 Å². The number of pyridine rings is 1. The van der Waals surface area contributed by atoms with Crippen LogP contribution in [0.1, 0.15) is 30.1 Å². The maximum absolute atomic E-state index is 14.1. The molecular formula is C19H15F3N6. The van der Waals surface area contributed by atoms with E-state index in [2.05, 4.69) is 25.3 Å². The quantitative estimate of drug-likeness (QED) is 0.579. The van der Waals surface area contributed by atoms with Crippen molar-refractivity contribution < 1.29 is 13.2 Å². The van der Waals surface area contributed by atoms with Gasteiger partial charge in [-0.25, -0.2) is 27.8 Å². The number of H-pyrrole nitrogens is 1. The second-order valence-electron chi connectivity index (χ2n) is 6.98. The van der Waals surface area contributed by atoms with Crippen LogP contribution in [-0.4, -0.2) is 35.9 Å². The zero-order chi connectivity index (χ0) is 19.3. The minimum atomic E-state index is -2.63. The Balaban J connectivity index is 1.52. The first-order valence-corrected chi connectivity index (χ1v) is 8.86. The van der Waals surface area contributed by atoms with Crippen LogP contribution in [0.15, 0.2) is 42.6 Å². The summed E-state index contributed by atoms with van der Waals surface area (Å²) >= 11 is 0. The van der Waals surface area contributed by atoms with Crippen LogP contribution in [0.3, 0.4) is 0 Å². The number of halogens is 3. The van der Waals surface area contributed by atoms with Crippen molar-refractivity contribution in [1.82, 2.24) is 29.9 Å². The molecule has 1 fully saturated rings. The molecule has 1 saturated carbocycles. The largest absolute Gasteiger partial charge is 0.262 e. The van der Waals surface area contributed by atoms with E-state index < -0.39 is 5.92 Å². The van der Waals surface area contributed by atoms with Gasteiger partial charge in [-0.2, -0.15) is 10.2 Å². The van der Waals surface area contributed by atoms with Crippen molar-refractivity contribution in [3.63, 3.8) is 0 Å². The van der Waals surface area contributed by atoms with Gasteiger partial charge in [0.25, 0.3) is 0 Å². The number of benzene rings is 1. The molecule has 142 valence electrons. The van der Waals surface area contributed by atoms with E-state index in [1.165, 1.54) is 6.07 Å². The summed E-state index contributed by atoms with van der Waals surface area (Å²) in [5.41, 5.74) is 1.53. The molecule has 1 aliphatic carbocycles. The molecule has 1 N–H and O–H groups in total. The number of hydrogen-bond donors (Lipinski definition) is 1. The second-order valence-corrected chi connectivity index (χ2v) is 6.98. The summed E-state index contributed by atoms with van der Waals surface area (Å²) < 4.78 is 41.9. The minimum absolute atomic E-state index is 0.201. The Bertz CT molecular complexity index is 1160. The lowest BCUT2D eigenvalue weighted by Crippen LogP contribution is -2.34. The van der Waals surface area contributed by atoms with Crippen LogP contribution in [0.5, 0.6) is 0 Å². The summed E-state index contributed by atoms with van der Waals surface area (Å²) in [4.78, 5) is 8.73. The van der Waals surface area contributed by atoms with Gasteiger partial charge >= 0.3 is 0 Å². The highest BCUT2D eigenvalue weighted by Crippen LogP contribution is 2.47. The standard InChI is InChI=1S/C19H15F3N6/c20-14-6-2-1-4-11(14)10-28-18-13(5-3-7-23-18)15(27-28)17-24-16(25-26-17)12-8-19(21,22)9-12/h1-7,12H,8-10H2,(H,24,25,26). The zero-order valence-corrected chi connectivity index (χ0v) is 14.6. The molecule has 3 heterocycles. The number of nitrogens with one attached hydrogen (secondary N) is 1. The van der Waals surface area contributed by atoms with Gasteiger partial charge in [0.15, 0.2) is 5.65 Å². The average molecular weight is 384 g/mol. The fraction of sp³-hybridized carbons (Fsp3) is 0.263. The third-order valence-corrected chi connectivity index (χ3v) is 4.98. The summed E-state index contributed by atoms with van der Waals surface area (Å²) in [6.45, 7) is 0.201. The van der Waals surface area contributed by atoms with E-state index in [0.717, 1.165) is 0 Å². The van der Waals surface area contributed by atoms with Crippen LogP contribution in [0, 0.1) is 5.82 Å². The lowest BCUT2D eigenvalue weighted by Gasteiger charge is -2.33. The van der Waals surface area contributed by atoms with Crippen molar-refractivity contribution in [2.24, 2.45) is 0 Å². The van der Waals surface area contributed by atoms with Gasteiger partial charge in [0.1, 0.15) is 17.3 Å². The number of fused-ring (bicyclic) bond motifs is 1. The van der Waals surface area contributed by atoms with Crippen LogP contribution in [0.2, 0.25) is 0 Å². The predicted molar refractivity (Wildman–Crippen MR) is 95.3 cm³/mol. The minimum Gasteiger partial charge on any atom is -0.262 e. The molecular weight excluding hydrogens is 369 g/mol. The molecule has 28 heavy (non-hydrogen) atoms. The topological polar surface area (TPSA) is 72.3 Å². The highest BCUT2D eigenvalue weighted by Gasteiger charge is 2.47. The number of nitrogens with zero attached hydrogens (tertiary/aromatic N) is 5. The first-order valence-electron chi connectivity index (χ1n) is 8.86. The SMILES string of the molecule is Fc1ccccc1Cn1nc(-c2n[nH]c(C3CC(F)(F)C3)n2)c2cccnc21. The van der Waals surface area contributed by atoms with Crippen molar-refractivity contribution in [3.05, 3.63) is 59.8 Å². The normalized spacial score (nSPS) is 16.4. The Morgan fingerprint density at radius 3 is 2.75 bits per heavy atom. The van der Waals surface area contributed by atoms with Gasteiger partial charge in [0, 0.05) is 30.5 Å². The van der Waals surface area contributed by atoms with Gasteiger partial charge in [-0.3, -0.25) is 5.10 Å². The maximum atomic E-state index is 14.1. The van der Waals surface area contributed by atoms with Crippen LogP contribution >= 0.6 is 0 Å². The zero-order valence-electron chi connectivity index (χ0n) is 14.6. The molecule has 0 amide bonds. The third kappa shape index (κ3) is 2.83. The number of aromatic amines is 1. The molecule has 6 nitrogen and oxygen atoms in total. The van der Waals surface area contributed by atoms with E-state index in [9.17, 15) is 13.2 Å². The molecule has 0 aliphatic heterocycles. The van der Waals surface area contributed by atoms with Gasteiger partial charge in [0.05, 0.1) is 11.9 Å². The van der Waals surface area contributed by atoms with Crippen molar-refractivity contribution in [2.75, 3.05) is 0 Å².